The highest BCUT2D eigenvalue weighted by Crippen LogP contribution is 2.23. The van der Waals surface area contributed by atoms with Gasteiger partial charge >= 0.3 is 0 Å². The molecule has 3 rings (SSSR count). The van der Waals surface area contributed by atoms with E-state index in [1.807, 2.05) is 0 Å². The molecule has 0 radical (unpaired) electrons. The number of thiazole rings is 1. The lowest BCUT2D eigenvalue weighted by atomic mass is 10.0. The third-order valence-electron chi connectivity index (χ3n) is 3.43. The Labute approximate surface area is 109 Å². The number of aryl methyl sites for hydroxylation is 1. The monoisotopic (exact) mass is 262 g/mol. The van der Waals surface area contributed by atoms with Crippen molar-refractivity contribution >= 4 is 11.3 Å². The first-order valence-corrected chi connectivity index (χ1v) is 7.06. The van der Waals surface area contributed by atoms with Crippen LogP contribution in [-0.4, -0.2) is 4.57 Å². The van der Waals surface area contributed by atoms with E-state index in [0.29, 0.717) is 11.3 Å². The maximum Gasteiger partial charge on any atom is 0.182 e. The van der Waals surface area contributed by atoms with Gasteiger partial charge in [-0.3, -0.25) is 5.41 Å². The van der Waals surface area contributed by atoms with Gasteiger partial charge in [-0.15, -0.1) is 11.3 Å². The number of benzene rings is 1. The second-order valence-electron chi connectivity index (χ2n) is 4.70. The van der Waals surface area contributed by atoms with Crippen molar-refractivity contribution in [3.63, 3.8) is 0 Å². The molecule has 0 unspecified atom stereocenters. The predicted octanol–water partition coefficient (Wildman–Crippen LogP) is 3.10. The first kappa shape index (κ1) is 11.7. The van der Waals surface area contributed by atoms with Crippen molar-refractivity contribution in [3.05, 3.63) is 51.0 Å². The van der Waals surface area contributed by atoms with Gasteiger partial charge in [-0.1, -0.05) is 12.1 Å². The molecule has 0 amide bonds. The summed E-state index contributed by atoms with van der Waals surface area (Å²) in [7, 11) is 0. The number of halogens is 1. The summed E-state index contributed by atoms with van der Waals surface area (Å²) in [4.78, 5) is 1.99. The van der Waals surface area contributed by atoms with Gasteiger partial charge in [0.25, 0.3) is 0 Å². The highest BCUT2D eigenvalue weighted by molar-refractivity contribution is 7.09. The van der Waals surface area contributed by atoms with Crippen molar-refractivity contribution in [1.82, 2.24) is 4.57 Å². The summed E-state index contributed by atoms with van der Waals surface area (Å²) in [6.45, 7) is 0.685. The van der Waals surface area contributed by atoms with Crippen molar-refractivity contribution < 1.29 is 4.39 Å². The number of nitrogens with one attached hydrogen (secondary N) is 1. The first-order chi connectivity index (χ1) is 8.74. The third-order valence-corrected chi connectivity index (χ3v) is 4.53. The number of rotatable bonds is 2. The van der Waals surface area contributed by atoms with Crippen molar-refractivity contribution in [2.75, 3.05) is 0 Å². The summed E-state index contributed by atoms with van der Waals surface area (Å²) >= 11 is 1.59. The maximum atomic E-state index is 12.9. The van der Waals surface area contributed by atoms with Gasteiger partial charge in [-0.05, 0) is 43.4 Å². The van der Waals surface area contributed by atoms with Crippen LogP contribution in [0.15, 0.2) is 24.3 Å². The topological polar surface area (TPSA) is 28.8 Å². The van der Waals surface area contributed by atoms with E-state index in [4.69, 9.17) is 5.41 Å². The Bertz CT molecular complexity index is 610. The molecule has 1 N–H and O–H groups in total. The smallest absolute Gasteiger partial charge is 0.182 e. The van der Waals surface area contributed by atoms with E-state index in [0.717, 1.165) is 18.4 Å². The Morgan fingerprint density at radius 3 is 2.67 bits per heavy atom. The van der Waals surface area contributed by atoms with Gasteiger partial charge in [0.05, 0.1) is 6.54 Å². The molecule has 0 aliphatic heterocycles. The van der Waals surface area contributed by atoms with Crippen molar-refractivity contribution in [2.45, 2.75) is 32.2 Å². The summed E-state index contributed by atoms with van der Waals surface area (Å²) in [6.07, 6.45) is 4.64. The molecule has 0 spiro atoms. The summed E-state index contributed by atoms with van der Waals surface area (Å²) < 4.78 is 15.0. The van der Waals surface area contributed by atoms with Crippen molar-refractivity contribution in [3.8, 4) is 0 Å². The van der Waals surface area contributed by atoms with Crippen LogP contribution in [0.4, 0.5) is 4.39 Å². The van der Waals surface area contributed by atoms with Crippen LogP contribution in [0, 0.1) is 11.2 Å². The summed E-state index contributed by atoms with van der Waals surface area (Å²) in [5.74, 6) is -0.206. The fourth-order valence-electron chi connectivity index (χ4n) is 2.49. The number of fused-ring (bicyclic) bond motifs is 1. The minimum Gasteiger partial charge on any atom is -0.317 e. The SMILES string of the molecule is N=c1sc2c(n1Cc1ccc(F)cc1)CCCC2. The van der Waals surface area contributed by atoms with Crippen LogP contribution in [-0.2, 0) is 19.4 Å². The molecule has 1 aliphatic rings. The van der Waals surface area contributed by atoms with Crippen LogP contribution < -0.4 is 4.80 Å². The van der Waals surface area contributed by atoms with Crippen LogP contribution in [0.5, 0.6) is 0 Å². The van der Waals surface area contributed by atoms with E-state index >= 15 is 0 Å². The van der Waals surface area contributed by atoms with Crippen LogP contribution >= 0.6 is 11.3 Å². The summed E-state index contributed by atoms with van der Waals surface area (Å²) in [5.41, 5.74) is 2.38. The number of aromatic nitrogens is 1. The van der Waals surface area contributed by atoms with Gasteiger partial charge in [0.2, 0.25) is 0 Å². The second-order valence-corrected chi connectivity index (χ2v) is 5.78. The average molecular weight is 262 g/mol. The van der Waals surface area contributed by atoms with Gasteiger partial charge in [-0.2, -0.15) is 0 Å². The van der Waals surface area contributed by atoms with Gasteiger partial charge in [0.15, 0.2) is 4.80 Å². The largest absolute Gasteiger partial charge is 0.317 e. The lowest BCUT2D eigenvalue weighted by molar-refractivity contribution is 0.614. The molecule has 1 heterocycles. The van der Waals surface area contributed by atoms with Crippen LogP contribution in [0.2, 0.25) is 0 Å². The zero-order valence-corrected chi connectivity index (χ0v) is 10.9. The van der Waals surface area contributed by atoms with Gasteiger partial charge in [-0.25, -0.2) is 4.39 Å². The molecule has 0 saturated heterocycles. The Morgan fingerprint density at radius 1 is 1.17 bits per heavy atom. The number of hydrogen-bond donors (Lipinski definition) is 1. The van der Waals surface area contributed by atoms with Crippen LogP contribution in [0.1, 0.15) is 29.0 Å². The van der Waals surface area contributed by atoms with Gasteiger partial charge in [0, 0.05) is 10.6 Å². The first-order valence-electron chi connectivity index (χ1n) is 6.24. The molecule has 4 heteroatoms. The van der Waals surface area contributed by atoms with Gasteiger partial charge < -0.3 is 4.57 Å². The molecule has 0 fully saturated rings. The molecule has 2 aromatic rings. The Hall–Kier alpha value is -1.42. The fraction of sp³-hybridized carbons (Fsp3) is 0.357. The van der Waals surface area contributed by atoms with E-state index < -0.39 is 0 Å². The minimum atomic E-state index is -0.206. The Morgan fingerprint density at radius 2 is 1.89 bits per heavy atom. The Balaban J connectivity index is 1.95. The quantitative estimate of drug-likeness (QED) is 0.861. The molecule has 1 aliphatic carbocycles. The molecule has 1 aromatic heterocycles. The number of hydrogen-bond acceptors (Lipinski definition) is 2. The van der Waals surface area contributed by atoms with Crippen molar-refractivity contribution in [1.29, 1.82) is 5.41 Å². The summed E-state index contributed by atoms with van der Waals surface area (Å²) in [6, 6.07) is 6.57. The molecule has 0 bridgehead atoms. The van der Waals surface area contributed by atoms with Gasteiger partial charge in [0.1, 0.15) is 5.82 Å². The number of nitrogens with zero attached hydrogens (tertiary/aromatic N) is 1. The molecule has 2 nitrogen and oxygen atoms in total. The third kappa shape index (κ3) is 2.12. The second kappa shape index (κ2) is 4.69. The fourth-order valence-corrected chi connectivity index (χ4v) is 3.59. The van der Waals surface area contributed by atoms with E-state index in [1.54, 1.807) is 23.5 Å². The van der Waals surface area contributed by atoms with Crippen LogP contribution in [0.25, 0.3) is 0 Å². The standard InChI is InChI=1S/C14H15FN2S/c15-11-7-5-10(6-8-11)9-17-12-3-1-2-4-13(12)18-14(17)16/h5-8,16H,1-4,9H2. The summed E-state index contributed by atoms with van der Waals surface area (Å²) in [5, 5.41) is 8.07. The predicted molar refractivity (Wildman–Crippen MR) is 70.3 cm³/mol. The molecule has 94 valence electrons. The zero-order chi connectivity index (χ0) is 12.5. The van der Waals surface area contributed by atoms with Crippen LogP contribution in [0.3, 0.4) is 0 Å². The Kier molecular flexibility index (Phi) is 3.04. The normalized spacial score (nSPS) is 14.5. The highest BCUT2D eigenvalue weighted by atomic mass is 32.1. The molecular formula is C14H15FN2S. The molecule has 0 saturated carbocycles. The zero-order valence-electron chi connectivity index (χ0n) is 10.1. The molecule has 0 atom stereocenters. The lowest BCUT2D eigenvalue weighted by Crippen LogP contribution is -2.18. The average Bonchev–Trinajstić information content (AvgIpc) is 2.69. The van der Waals surface area contributed by atoms with E-state index in [2.05, 4.69) is 4.57 Å². The van der Waals surface area contributed by atoms with E-state index in [9.17, 15) is 4.39 Å². The van der Waals surface area contributed by atoms with E-state index in [-0.39, 0.29) is 5.82 Å². The highest BCUT2D eigenvalue weighted by Gasteiger charge is 2.16. The molecule has 1 aromatic carbocycles. The minimum absolute atomic E-state index is 0.206. The van der Waals surface area contributed by atoms with E-state index in [1.165, 1.54) is 35.5 Å². The van der Waals surface area contributed by atoms with Crippen molar-refractivity contribution in [2.24, 2.45) is 0 Å². The lowest BCUT2D eigenvalue weighted by Gasteiger charge is -2.14. The maximum absolute atomic E-state index is 12.9. The molecular weight excluding hydrogens is 247 g/mol. The molecule has 18 heavy (non-hydrogen) atoms.